The molecule has 0 spiro atoms. The quantitative estimate of drug-likeness (QED) is 0.823. The van der Waals surface area contributed by atoms with Crippen molar-refractivity contribution in [3.8, 4) is 0 Å². The molecule has 76 valence electrons. The fourth-order valence-electron chi connectivity index (χ4n) is 1.62. The van der Waals surface area contributed by atoms with Gasteiger partial charge in [-0.1, -0.05) is 23.2 Å². The van der Waals surface area contributed by atoms with Crippen LogP contribution in [0, 0.1) is 0 Å². The molecule has 1 atom stereocenters. The van der Waals surface area contributed by atoms with Crippen molar-refractivity contribution in [1.29, 1.82) is 0 Å². The third-order valence-electron chi connectivity index (χ3n) is 2.43. The smallest absolute Gasteiger partial charge is 0.101 e. The average molecular weight is 249 g/mol. The highest BCUT2D eigenvalue weighted by atomic mass is 35.5. The van der Waals surface area contributed by atoms with Crippen molar-refractivity contribution in [2.24, 2.45) is 0 Å². The number of thioether (sulfide) groups is 1. The minimum absolute atomic E-state index is 0.597. The van der Waals surface area contributed by atoms with Gasteiger partial charge in [0.05, 0.1) is 0 Å². The fraction of sp³-hybridized carbons (Fsp3) is 0.400. The minimum atomic E-state index is -0.785. The molecule has 14 heavy (non-hydrogen) atoms. The summed E-state index contributed by atoms with van der Waals surface area (Å²) < 4.78 is 0. The molecule has 1 N–H and O–H groups in total. The summed E-state index contributed by atoms with van der Waals surface area (Å²) in [6.07, 6.45) is 0.748. The highest BCUT2D eigenvalue weighted by molar-refractivity contribution is 7.99. The molecule has 0 aromatic heterocycles. The summed E-state index contributed by atoms with van der Waals surface area (Å²) in [5, 5.41) is 11.5. The van der Waals surface area contributed by atoms with E-state index in [1.807, 2.05) is 0 Å². The Balaban J connectivity index is 2.44. The van der Waals surface area contributed by atoms with Gasteiger partial charge in [0.2, 0.25) is 0 Å². The Kier molecular flexibility index (Phi) is 2.98. The molecule has 1 aromatic rings. The van der Waals surface area contributed by atoms with Crippen molar-refractivity contribution in [2.45, 2.75) is 12.0 Å². The lowest BCUT2D eigenvalue weighted by Crippen LogP contribution is -2.25. The van der Waals surface area contributed by atoms with E-state index in [0.717, 1.165) is 17.7 Å². The number of benzene rings is 1. The highest BCUT2D eigenvalue weighted by Gasteiger charge is 2.35. The van der Waals surface area contributed by atoms with Crippen LogP contribution < -0.4 is 0 Å². The van der Waals surface area contributed by atoms with Gasteiger partial charge in [0.1, 0.15) is 5.60 Å². The fourth-order valence-corrected chi connectivity index (χ4v) is 3.35. The Morgan fingerprint density at radius 3 is 2.79 bits per heavy atom. The summed E-state index contributed by atoms with van der Waals surface area (Å²) in [6, 6.07) is 5.23. The first-order valence-electron chi connectivity index (χ1n) is 4.37. The van der Waals surface area contributed by atoms with Crippen molar-refractivity contribution >= 4 is 35.0 Å². The molecule has 1 nitrogen and oxygen atoms in total. The van der Waals surface area contributed by atoms with E-state index in [-0.39, 0.29) is 0 Å². The van der Waals surface area contributed by atoms with Gasteiger partial charge in [-0.05, 0) is 30.4 Å². The summed E-state index contributed by atoms with van der Waals surface area (Å²) in [5.74, 6) is 1.67. The second kappa shape index (κ2) is 3.93. The molecule has 0 bridgehead atoms. The zero-order valence-electron chi connectivity index (χ0n) is 7.46. The lowest BCUT2D eigenvalue weighted by atomic mass is 9.93. The molecule has 2 rings (SSSR count). The van der Waals surface area contributed by atoms with Crippen molar-refractivity contribution in [3.63, 3.8) is 0 Å². The number of hydrogen-bond acceptors (Lipinski definition) is 2. The van der Waals surface area contributed by atoms with Crippen molar-refractivity contribution in [2.75, 3.05) is 11.5 Å². The molecule has 4 heteroatoms. The molecular weight excluding hydrogens is 239 g/mol. The maximum atomic E-state index is 10.3. The van der Waals surface area contributed by atoms with Crippen LogP contribution in [-0.2, 0) is 5.60 Å². The predicted octanol–water partition coefficient (Wildman–Crippen LogP) is 3.32. The number of aliphatic hydroxyl groups is 1. The van der Waals surface area contributed by atoms with E-state index < -0.39 is 5.60 Å². The van der Waals surface area contributed by atoms with E-state index >= 15 is 0 Å². The maximum absolute atomic E-state index is 10.3. The second-order valence-corrected chi connectivity index (χ2v) is 5.41. The van der Waals surface area contributed by atoms with Crippen LogP contribution in [-0.4, -0.2) is 16.6 Å². The van der Waals surface area contributed by atoms with E-state index in [1.165, 1.54) is 0 Å². The summed E-state index contributed by atoms with van der Waals surface area (Å²) in [6.45, 7) is 0. The Hall–Kier alpha value is 0.110. The van der Waals surface area contributed by atoms with Gasteiger partial charge in [0, 0.05) is 21.4 Å². The number of halogens is 2. The Morgan fingerprint density at radius 1 is 1.36 bits per heavy atom. The number of rotatable bonds is 1. The van der Waals surface area contributed by atoms with Gasteiger partial charge < -0.3 is 5.11 Å². The molecule has 0 saturated carbocycles. The topological polar surface area (TPSA) is 20.2 Å². The first-order valence-corrected chi connectivity index (χ1v) is 6.28. The predicted molar refractivity (Wildman–Crippen MR) is 62.3 cm³/mol. The van der Waals surface area contributed by atoms with Gasteiger partial charge in [0.25, 0.3) is 0 Å². The molecule has 1 unspecified atom stereocenters. The summed E-state index contributed by atoms with van der Waals surface area (Å²) in [5.41, 5.74) is -0.0243. The first kappa shape index (κ1) is 10.6. The SMILES string of the molecule is OC1(c2cc(Cl)ccc2Cl)CCSC1. The van der Waals surface area contributed by atoms with Crippen LogP contribution >= 0.6 is 35.0 Å². The zero-order valence-corrected chi connectivity index (χ0v) is 9.79. The summed E-state index contributed by atoms with van der Waals surface area (Å²) in [7, 11) is 0. The third kappa shape index (κ3) is 1.89. The normalized spacial score (nSPS) is 26.8. The molecule has 0 radical (unpaired) electrons. The maximum Gasteiger partial charge on any atom is 0.101 e. The standard InChI is InChI=1S/C10H10Cl2OS/c11-7-1-2-9(12)8(5-7)10(13)3-4-14-6-10/h1-2,5,13H,3-4,6H2. The van der Waals surface area contributed by atoms with Gasteiger partial charge >= 0.3 is 0 Å². The van der Waals surface area contributed by atoms with Gasteiger partial charge in [-0.15, -0.1) is 0 Å². The lowest BCUT2D eigenvalue weighted by Gasteiger charge is -2.23. The molecule has 1 fully saturated rings. The van der Waals surface area contributed by atoms with Gasteiger partial charge in [-0.3, -0.25) is 0 Å². The molecule has 1 heterocycles. The van der Waals surface area contributed by atoms with Crippen LogP contribution in [0.2, 0.25) is 10.0 Å². The summed E-state index contributed by atoms with van der Waals surface area (Å²) in [4.78, 5) is 0. The lowest BCUT2D eigenvalue weighted by molar-refractivity contribution is 0.0659. The molecule has 1 aliphatic heterocycles. The number of hydrogen-bond donors (Lipinski definition) is 1. The molecule has 1 aliphatic rings. The summed E-state index contributed by atoms with van der Waals surface area (Å²) >= 11 is 13.7. The highest BCUT2D eigenvalue weighted by Crippen LogP contribution is 2.40. The minimum Gasteiger partial charge on any atom is -0.384 e. The van der Waals surface area contributed by atoms with Crippen LogP contribution in [0.1, 0.15) is 12.0 Å². The van der Waals surface area contributed by atoms with Crippen LogP contribution in [0.3, 0.4) is 0 Å². The van der Waals surface area contributed by atoms with E-state index in [0.29, 0.717) is 15.8 Å². The third-order valence-corrected chi connectivity index (χ3v) is 4.17. The van der Waals surface area contributed by atoms with E-state index in [4.69, 9.17) is 23.2 Å². The van der Waals surface area contributed by atoms with Gasteiger partial charge in [0.15, 0.2) is 0 Å². The van der Waals surface area contributed by atoms with Crippen LogP contribution in [0.5, 0.6) is 0 Å². The molecule has 1 aromatic carbocycles. The van der Waals surface area contributed by atoms with Crippen molar-refractivity contribution < 1.29 is 5.11 Å². The van der Waals surface area contributed by atoms with Crippen LogP contribution in [0.15, 0.2) is 18.2 Å². The van der Waals surface area contributed by atoms with E-state index in [9.17, 15) is 5.11 Å². The molecule has 0 amide bonds. The monoisotopic (exact) mass is 248 g/mol. The van der Waals surface area contributed by atoms with E-state index in [1.54, 1.807) is 30.0 Å². The van der Waals surface area contributed by atoms with E-state index in [2.05, 4.69) is 0 Å². The van der Waals surface area contributed by atoms with Crippen molar-refractivity contribution in [3.05, 3.63) is 33.8 Å². The van der Waals surface area contributed by atoms with Gasteiger partial charge in [-0.2, -0.15) is 11.8 Å². The largest absolute Gasteiger partial charge is 0.384 e. The Morgan fingerprint density at radius 2 is 2.14 bits per heavy atom. The molecular formula is C10H10Cl2OS. The Labute approximate surface area is 97.4 Å². The second-order valence-electron chi connectivity index (χ2n) is 3.46. The Bertz CT molecular complexity index is 348. The average Bonchev–Trinajstić information content (AvgIpc) is 2.58. The zero-order chi connectivity index (χ0) is 10.2. The first-order chi connectivity index (χ1) is 6.62. The van der Waals surface area contributed by atoms with Crippen LogP contribution in [0.25, 0.3) is 0 Å². The van der Waals surface area contributed by atoms with Gasteiger partial charge in [-0.25, -0.2) is 0 Å². The molecule has 1 saturated heterocycles. The van der Waals surface area contributed by atoms with Crippen LogP contribution in [0.4, 0.5) is 0 Å². The van der Waals surface area contributed by atoms with Crippen molar-refractivity contribution in [1.82, 2.24) is 0 Å². The molecule has 0 aliphatic carbocycles.